The standard InChI is InChI=1S/C19H22F2O/c1-3-5-6-7-8-15-19(20,21)17-12-9-16(10-13-17)11-14-18(22)4-2/h2,9-10,12-13,18,22H,3,5-8,15H2,1H3/t18-/m0/s1. The molecule has 1 aromatic rings. The fourth-order valence-corrected chi connectivity index (χ4v) is 2.09. The van der Waals surface area contributed by atoms with Crippen molar-refractivity contribution < 1.29 is 13.9 Å². The minimum Gasteiger partial charge on any atom is -0.369 e. The van der Waals surface area contributed by atoms with Crippen molar-refractivity contribution in [1.29, 1.82) is 0 Å². The molecule has 0 saturated heterocycles. The number of halogens is 2. The van der Waals surface area contributed by atoms with Crippen LogP contribution >= 0.6 is 0 Å². The minimum atomic E-state index is -2.81. The van der Waals surface area contributed by atoms with Crippen LogP contribution in [-0.4, -0.2) is 11.2 Å². The van der Waals surface area contributed by atoms with E-state index in [0.717, 1.165) is 25.7 Å². The van der Waals surface area contributed by atoms with Crippen LogP contribution < -0.4 is 0 Å². The van der Waals surface area contributed by atoms with E-state index in [2.05, 4.69) is 24.7 Å². The van der Waals surface area contributed by atoms with Gasteiger partial charge in [-0.1, -0.05) is 62.5 Å². The van der Waals surface area contributed by atoms with E-state index in [1.165, 1.54) is 24.3 Å². The van der Waals surface area contributed by atoms with Gasteiger partial charge in [-0.2, -0.15) is 0 Å². The first-order chi connectivity index (χ1) is 10.5. The summed E-state index contributed by atoms with van der Waals surface area (Å²) >= 11 is 0. The van der Waals surface area contributed by atoms with Gasteiger partial charge in [-0.3, -0.25) is 0 Å². The van der Waals surface area contributed by atoms with E-state index >= 15 is 0 Å². The molecule has 1 aromatic carbocycles. The Kier molecular flexibility index (Phi) is 7.64. The Balaban J connectivity index is 2.60. The van der Waals surface area contributed by atoms with Gasteiger partial charge in [-0.15, -0.1) is 6.42 Å². The van der Waals surface area contributed by atoms with Crippen LogP contribution in [0.25, 0.3) is 0 Å². The minimum absolute atomic E-state index is 0.00559. The molecule has 0 amide bonds. The van der Waals surface area contributed by atoms with Gasteiger partial charge >= 0.3 is 0 Å². The lowest BCUT2D eigenvalue weighted by atomic mass is 10.00. The van der Waals surface area contributed by atoms with Crippen molar-refractivity contribution >= 4 is 0 Å². The van der Waals surface area contributed by atoms with Crippen LogP contribution in [0.4, 0.5) is 8.78 Å². The third-order valence-corrected chi connectivity index (χ3v) is 3.41. The van der Waals surface area contributed by atoms with Gasteiger partial charge in [-0.05, 0) is 18.6 Å². The van der Waals surface area contributed by atoms with Crippen LogP contribution in [0.2, 0.25) is 0 Å². The van der Waals surface area contributed by atoms with Crippen molar-refractivity contribution in [2.45, 2.75) is 57.5 Å². The predicted molar refractivity (Wildman–Crippen MR) is 85.4 cm³/mol. The highest BCUT2D eigenvalue weighted by atomic mass is 19.3. The molecule has 0 aromatic heterocycles. The maximum Gasteiger partial charge on any atom is 0.273 e. The zero-order chi connectivity index (χ0) is 16.4. The first-order valence-corrected chi connectivity index (χ1v) is 7.63. The molecule has 0 aliphatic carbocycles. The highest BCUT2D eigenvalue weighted by Crippen LogP contribution is 2.33. The second-order valence-corrected chi connectivity index (χ2v) is 5.28. The summed E-state index contributed by atoms with van der Waals surface area (Å²) in [6, 6.07) is 5.82. The lowest BCUT2D eigenvalue weighted by molar-refractivity contribution is -0.0158. The summed E-state index contributed by atoms with van der Waals surface area (Å²) in [5.74, 6) is 4.36. The zero-order valence-electron chi connectivity index (χ0n) is 12.9. The van der Waals surface area contributed by atoms with E-state index in [1.54, 1.807) is 0 Å². The Morgan fingerprint density at radius 2 is 1.77 bits per heavy atom. The van der Waals surface area contributed by atoms with Gasteiger partial charge in [0.15, 0.2) is 6.10 Å². The Morgan fingerprint density at radius 3 is 2.36 bits per heavy atom. The summed E-state index contributed by atoms with van der Waals surface area (Å²) in [5.41, 5.74) is 0.558. The molecule has 0 heterocycles. The quantitative estimate of drug-likeness (QED) is 0.581. The molecule has 0 aliphatic heterocycles. The van der Waals surface area contributed by atoms with Crippen LogP contribution in [0.15, 0.2) is 24.3 Å². The molecule has 0 saturated carbocycles. The first kappa shape index (κ1) is 18.2. The second kappa shape index (κ2) is 9.23. The number of hydrogen-bond acceptors (Lipinski definition) is 1. The Labute approximate surface area is 131 Å². The number of alkyl halides is 2. The molecule has 1 rings (SSSR count). The number of terminal acetylenes is 1. The van der Waals surface area contributed by atoms with Crippen molar-refractivity contribution in [3.8, 4) is 24.2 Å². The van der Waals surface area contributed by atoms with Crippen LogP contribution in [0.3, 0.4) is 0 Å². The summed E-state index contributed by atoms with van der Waals surface area (Å²) in [4.78, 5) is 0. The predicted octanol–water partition coefficient (Wildman–Crippen LogP) is 4.48. The average Bonchev–Trinajstić information content (AvgIpc) is 2.52. The van der Waals surface area contributed by atoms with Gasteiger partial charge in [0.2, 0.25) is 0 Å². The first-order valence-electron chi connectivity index (χ1n) is 7.63. The number of aliphatic hydroxyl groups excluding tert-OH is 1. The van der Waals surface area contributed by atoms with Crippen molar-refractivity contribution in [3.05, 3.63) is 35.4 Å². The molecule has 1 nitrogen and oxygen atoms in total. The molecule has 22 heavy (non-hydrogen) atoms. The molecular weight excluding hydrogens is 282 g/mol. The molecule has 1 atom stereocenters. The average molecular weight is 304 g/mol. The van der Waals surface area contributed by atoms with E-state index in [0.29, 0.717) is 12.0 Å². The smallest absolute Gasteiger partial charge is 0.273 e. The lowest BCUT2D eigenvalue weighted by Crippen LogP contribution is -2.13. The maximum absolute atomic E-state index is 14.1. The molecular formula is C19H22F2O. The van der Waals surface area contributed by atoms with Gasteiger partial charge < -0.3 is 5.11 Å². The molecule has 0 spiro atoms. The maximum atomic E-state index is 14.1. The van der Waals surface area contributed by atoms with E-state index in [9.17, 15) is 8.78 Å². The fraction of sp³-hybridized carbons (Fsp3) is 0.474. The van der Waals surface area contributed by atoms with E-state index in [4.69, 9.17) is 11.5 Å². The van der Waals surface area contributed by atoms with Crippen LogP contribution in [0, 0.1) is 24.2 Å². The lowest BCUT2D eigenvalue weighted by Gasteiger charge is -2.16. The van der Waals surface area contributed by atoms with Crippen molar-refractivity contribution in [2.75, 3.05) is 0 Å². The summed E-state index contributed by atoms with van der Waals surface area (Å²) < 4.78 is 28.1. The topological polar surface area (TPSA) is 20.2 Å². The van der Waals surface area contributed by atoms with Crippen molar-refractivity contribution in [1.82, 2.24) is 0 Å². The molecule has 0 radical (unpaired) electrons. The van der Waals surface area contributed by atoms with Gasteiger partial charge in [0.05, 0.1) is 0 Å². The molecule has 3 heteroatoms. The highest BCUT2D eigenvalue weighted by Gasteiger charge is 2.30. The second-order valence-electron chi connectivity index (χ2n) is 5.28. The normalized spacial score (nSPS) is 12.1. The molecule has 118 valence electrons. The molecule has 1 N–H and O–H groups in total. The SMILES string of the molecule is C#C[C@H](O)C#Cc1ccc(C(F)(F)CCCCCCC)cc1. The van der Waals surface area contributed by atoms with Crippen molar-refractivity contribution in [3.63, 3.8) is 0 Å². The van der Waals surface area contributed by atoms with Gasteiger partial charge in [0.1, 0.15) is 0 Å². The number of rotatable bonds is 7. The van der Waals surface area contributed by atoms with E-state index in [1.807, 2.05) is 0 Å². The van der Waals surface area contributed by atoms with Crippen LogP contribution in [-0.2, 0) is 5.92 Å². The molecule has 0 bridgehead atoms. The summed E-state index contributed by atoms with van der Waals surface area (Å²) in [5, 5.41) is 9.13. The van der Waals surface area contributed by atoms with Crippen LogP contribution in [0.1, 0.15) is 56.6 Å². The van der Waals surface area contributed by atoms with Gasteiger partial charge in [-0.25, -0.2) is 8.78 Å². The van der Waals surface area contributed by atoms with E-state index < -0.39 is 12.0 Å². The van der Waals surface area contributed by atoms with Gasteiger partial charge in [0.25, 0.3) is 5.92 Å². The molecule has 0 unspecified atom stereocenters. The number of aliphatic hydroxyl groups is 1. The Hall–Kier alpha value is -1.84. The third kappa shape index (κ3) is 6.29. The molecule has 0 aliphatic rings. The summed E-state index contributed by atoms with van der Waals surface area (Å²) in [6.07, 6.45) is 8.32. The largest absolute Gasteiger partial charge is 0.369 e. The Morgan fingerprint density at radius 1 is 1.14 bits per heavy atom. The van der Waals surface area contributed by atoms with Crippen molar-refractivity contribution in [2.24, 2.45) is 0 Å². The number of unbranched alkanes of at least 4 members (excludes halogenated alkanes) is 4. The van der Waals surface area contributed by atoms with Gasteiger partial charge in [0, 0.05) is 17.5 Å². The van der Waals surface area contributed by atoms with E-state index in [-0.39, 0.29) is 12.0 Å². The Bertz CT molecular complexity index is 544. The fourth-order valence-electron chi connectivity index (χ4n) is 2.09. The number of benzene rings is 1. The number of hydrogen-bond donors (Lipinski definition) is 1. The monoisotopic (exact) mass is 304 g/mol. The summed E-state index contributed by atoms with van der Waals surface area (Å²) in [6.45, 7) is 2.10. The third-order valence-electron chi connectivity index (χ3n) is 3.41. The molecule has 0 fully saturated rings. The zero-order valence-corrected chi connectivity index (χ0v) is 12.9. The summed E-state index contributed by atoms with van der Waals surface area (Å²) in [7, 11) is 0. The highest BCUT2D eigenvalue weighted by molar-refractivity contribution is 5.38. The van der Waals surface area contributed by atoms with Crippen LogP contribution in [0.5, 0.6) is 0 Å².